The summed E-state index contributed by atoms with van der Waals surface area (Å²) in [6, 6.07) is 14.1. The summed E-state index contributed by atoms with van der Waals surface area (Å²) in [5.41, 5.74) is 4.25. The number of thioether (sulfide) groups is 1. The van der Waals surface area contributed by atoms with E-state index in [2.05, 4.69) is 39.7 Å². The molecule has 0 saturated heterocycles. The SMILES string of the molecule is Cc1ccccc1Nc1nnc(SCc2cn3ccccc3n2)s1. The number of hydrogen-bond donors (Lipinski definition) is 1. The Labute approximate surface area is 147 Å². The van der Waals surface area contributed by atoms with Gasteiger partial charge in [-0.1, -0.05) is 47.4 Å². The molecule has 1 N–H and O–H groups in total. The number of nitrogens with zero attached hydrogens (tertiary/aromatic N) is 4. The summed E-state index contributed by atoms with van der Waals surface area (Å²) >= 11 is 3.21. The molecular formula is C17H15N5S2. The number of fused-ring (bicyclic) bond motifs is 1. The van der Waals surface area contributed by atoms with E-state index < -0.39 is 0 Å². The van der Waals surface area contributed by atoms with Crippen molar-refractivity contribution in [2.75, 3.05) is 5.32 Å². The Morgan fingerprint density at radius 2 is 2.00 bits per heavy atom. The maximum Gasteiger partial charge on any atom is 0.210 e. The van der Waals surface area contributed by atoms with Crippen molar-refractivity contribution in [3.8, 4) is 0 Å². The summed E-state index contributed by atoms with van der Waals surface area (Å²) in [6.07, 6.45) is 4.06. The number of hydrogen-bond acceptors (Lipinski definition) is 6. The zero-order valence-electron chi connectivity index (χ0n) is 13.0. The molecule has 3 heterocycles. The predicted molar refractivity (Wildman–Crippen MR) is 99.1 cm³/mol. The molecule has 0 aliphatic rings. The standard InChI is InChI=1S/C17H15N5S2/c1-12-6-2-3-7-14(12)19-16-20-21-17(24-16)23-11-13-10-22-9-5-4-8-15(22)18-13/h2-10H,11H2,1H3,(H,19,20). The van der Waals surface area contributed by atoms with Crippen molar-refractivity contribution in [3.63, 3.8) is 0 Å². The van der Waals surface area contributed by atoms with Crippen LogP contribution < -0.4 is 5.32 Å². The van der Waals surface area contributed by atoms with Crippen molar-refractivity contribution in [3.05, 3.63) is 66.1 Å². The highest BCUT2D eigenvalue weighted by Gasteiger charge is 2.08. The van der Waals surface area contributed by atoms with Crippen LogP contribution in [0, 0.1) is 6.92 Å². The lowest BCUT2D eigenvalue weighted by Crippen LogP contribution is -1.91. The van der Waals surface area contributed by atoms with Crippen LogP contribution in [0.15, 0.2) is 59.2 Å². The third kappa shape index (κ3) is 3.27. The largest absolute Gasteiger partial charge is 0.330 e. The van der Waals surface area contributed by atoms with Crippen LogP contribution in [0.1, 0.15) is 11.3 Å². The molecule has 120 valence electrons. The van der Waals surface area contributed by atoms with E-state index in [1.165, 1.54) is 5.56 Å². The van der Waals surface area contributed by atoms with Crippen molar-refractivity contribution in [2.24, 2.45) is 0 Å². The van der Waals surface area contributed by atoms with E-state index in [4.69, 9.17) is 0 Å². The normalized spacial score (nSPS) is 11.0. The Morgan fingerprint density at radius 3 is 2.88 bits per heavy atom. The quantitative estimate of drug-likeness (QED) is 0.534. The Kier molecular flexibility index (Phi) is 4.18. The Morgan fingerprint density at radius 1 is 1.12 bits per heavy atom. The minimum absolute atomic E-state index is 0.778. The maximum absolute atomic E-state index is 4.60. The van der Waals surface area contributed by atoms with Gasteiger partial charge in [-0.15, -0.1) is 10.2 Å². The lowest BCUT2D eigenvalue weighted by molar-refractivity contribution is 1.01. The van der Waals surface area contributed by atoms with Gasteiger partial charge in [0, 0.05) is 23.8 Å². The van der Waals surface area contributed by atoms with Gasteiger partial charge in [-0.25, -0.2) is 4.98 Å². The number of rotatable bonds is 5. The molecule has 1 aromatic carbocycles. The summed E-state index contributed by atoms with van der Waals surface area (Å²) < 4.78 is 2.96. The topological polar surface area (TPSA) is 55.1 Å². The van der Waals surface area contributed by atoms with Crippen LogP contribution in [0.5, 0.6) is 0 Å². The monoisotopic (exact) mass is 353 g/mol. The molecule has 0 unspecified atom stereocenters. The molecule has 4 rings (SSSR count). The van der Waals surface area contributed by atoms with Crippen LogP contribution >= 0.6 is 23.1 Å². The molecule has 0 aliphatic carbocycles. The Bertz CT molecular complexity index is 943. The molecule has 3 aromatic heterocycles. The zero-order chi connectivity index (χ0) is 16.4. The van der Waals surface area contributed by atoms with Crippen LogP contribution in [0.2, 0.25) is 0 Å². The number of benzene rings is 1. The first kappa shape index (κ1) is 15.2. The molecule has 24 heavy (non-hydrogen) atoms. The molecule has 0 radical (unpaired) electrons. The molecule has 0 atom stereocenters. The molecule has 4 aromatic rings. The van der Waals surface area contributed by atoms with E-state index in [9.17, 15) is 0 Å². The smallest absolute Gasteiger partial charge is 0.210 e. The Balaban J connectivity index is 1.42. The summed E-state index contributed by atoms with van der Waals surface area (Å²) in [7, 11) is 0. The fraction of sp³-hybridized carbons (Fsp3) is 0.118. The molecule has 0 amide bonds. The maximum atomic E-state index is 4.60. The van der Waals surface area contributed by atoms with Gasteiger partial charge in [0.1, 0.15) is 5.65 Å². The van der Waals surface area contributed by atoms with Crippen molar-refractivity contribution in [2.45, 2.75) is 17.0 Å². The summed E-state index contributed by atoms with van der Waals surface area (Å²) in [4.78, 5) is 4.60. The van der Waals surface area contributed by atoms with E-state index in [0.29, 0.717) is 0 Å². The first-order valence-corrected chi connectivity index (χ1v) is 9.30. The average molecular weight is 353 g/mol. The fourth-order valence-corrected chi connectivity index (χ4v) is 3.99. The number of imidazole rings is 1. The summed E-state index contributed by atoms with van der Waals surface area (Å²) in [6.45, 7) is 2.07. The highest BCUT2D eigenvalue weighted by Crippen LogP contribution is 2.30. The second kappa shape index (κ2) is 6.62. The van der Waals surface area contributed by atoms with Gasteiger partial charge >= 0.3 is 0 Å². The first-order valence-electron chi connectivity index (χ1n) is 7.49. The predicted octanol–water partition coefficient (Wildman–Crippen LogP) is 4.53. The van der Waals surface area contributed by atoms with Crippen LogP contribution in [0.3, 0.4) is 0 Å². The highest BCUT2D eigenvalue weighted by molar-refractivity contribution is 8.00. The van der Waals surface area contributed by atoms with E-state index in [1.54, 1.807) is 23.1 Å². The van der Waals surface area contributed by atoms with Gasteiger partial charge in [0.25, 0.3) is 0 Å². The molecule has 7 heteroatoms. The molecule has 0 aliphatic heterocycles. The molecule has 5 nitrogen and oxygen atoms in total. The van der Waals surface area contributed by atoms with Gasteiger partial charge in [0.2, 0.25) is 5.13 Å². The number of anilines is 2. The van der Waals surface area contributed by atoms with E-state index in [0.717, 1.165) is 32.3 Å². The van der Waals surface area contributed by atoms with Crippen molar-refractivity contribution in [1.82, 2.24) is 19.6 Å². The zero-order valence-corrected chi connectivity index (χ0v) is 14.6. The Hall–Kier alpha value is -2.38. The fourth-order valence-electron chi connectivity index (χ4n) is 2.34. The van der Waals surface area contributed by atoms with Crippen LogP contribution in [-0.4, -0.2) is 19.6 Å². The molecular weight excluding hydrogens is 338 g/mol. The molecule has 0 spiro atoms. The van der Waals surface area contributed by atoms with Gasteiger partial charge in [0.05, 0.1) is 5.69 Å². The minimum Gasteiger partial charge on any atom is -0.330 e. The van der Waals surface area contributed by atoms with E-state index >= 15 is 0 Å². The number of aryl methyl sites for hydroxylation is 1. The van der Waals surface area contributed by atoms with Gasteiger partial charge in [-0.3, -0.25) is 0 Å². The number of para-hydroxylation sites is 1. The first-order chi connectivity index (χ1) is 11.8. The minimum atomic E-state index is 0.778. The number of aromatic nitrogens is 4. The van der Waals surface area contributed by atoms with Gasteiger partial charge in [-0.2, -0.15) is 0 Å². The van der Waals surface area contributed by atoms with Crippen LogP contribution in [-0.2, 0) is 5.75 Å². The lowest BCUT2D eigenvalue weighted by Gasteiger charge is -2.04. The van der Waals surface area contributed by atoms with Gasteiger partial charge in [-0.05, 0) is 30.7 Å². The number of nitrogens with one attached hydrogen (secondary N) is 1. The van der Waals surface area contributed by atoms with Crippen molar-refractivity contribution < 1.29 is 0 Å². The third-order valence-electron chi connectivity index (χ3n) is 3.55. The lowest BCUT2D eigenvalue weighted by atomic mass is 10.2. The van der Waals surface area contributed by atoms with Gasteiger partial charge in [0.15, 0.2) is 4.34 Å². The third-order valence-corrected chi connectivity index (χ3v) is 5.56. The summed E-state index contributed by atoms with van der Waals surface area (Å²) in [5.74, 6) is 0.778. The van der Waals surface area contributed by atoms with Crippen LogP contribution in [0.4, 0.5) is 10.8 Å². The molecule has 0 bridgehead atoms. The molecule has 0 fully saturated rings. The number of pyridine rings is 1. The van der Waals surface area contributed by atoms with Gasteiger partial charge < -0.3 is 9.72 Å². The molecule has 0 saturated carbocycles. The van der Waals surface area contributed by atoms with E-state index in [1.807, 2.05) is 47.0 Å². The second-order valence-corrected chi connectivity index (χ2v) is 7.50. The van der Waals surface area contributed by atoms with E-state index in [-0.39, 0.29) is 0 Å². The van der Waals surface area contributed by atoms with Crippen LogP contribution in [0.25, 0.3) is 5.65 Å². The van der Waals surface area contributed by atoms with Crippen molar-refractivity contribution in [1.29, 1.82) is 0 Å². The van der Waals surface area contributed by atoms with Crippen molar-refractivity contribution >= 4 is 39.6 Å². The highest BCUT2D eigenvalue weighted by atomic mass is 32.2. The average Bonchev–Trinajstić information content (AvgIpc) is 3.21. The second-order valence-electron chi connectivity index (χ2n) is 5.30. The summed E-state index contributed by atoms with van der Waals surface area (Å²) in [5, 5.41) is 12.6.